The molecule has 4 rings (SSSR count). The van der Waals surface area contributed by atoms with Gasteiger partial charge in [0, 0.05) is 19.3 Å². The molecule has 0 aliphatic heterocycles. The Labute approximate surface area is 170 Å². The lowest BCUT2D eigenvalue weighted by Gasteiger charge is -2.32. The summed E-state index contributed by atoms with van der Waals surface area (Å²) in [5, 5.41) is 2.99. The molecule has 1 aliphatic carbocycles. The fourth-order valence-electron chi connectivity index (χ4n) is 3.70. The molecule has 1 heterocycles. The van der Waals surface area contributed by atoms with Gasteiger partial charge >= 0.3 is 0 Å². The van der Waals surface area contributed by atoms with E-state index >= 15 is 0 Å². The Morgan fingerprint density at radius 3 is 2.07 bits per heavy atom. The molecule has 0 radical (unpaired) electrons. The summed E-state index contributed by atoms with van der Waals surface area (Å²) < 4.78 is 0. The summed E-state index contributed by atoms with van der Waals surface area (Å²) in [7, 11) is 0. The van der Waals surface area contributed by atoms with E-state index in [2.05, 4.69) is 39.5 Å². The first-order chi connectivity index (χ1) is 14.2. The highest BCUT2D eigenvalue weighted by atomic mass is 16.2. The number of aromatic nitrogens is 1. The summed E-state index contributed by atoms with van der Waals surface area (Å²) in [6.07, 6.45) is 5.07. The maximum atomic E-state index is 12.8. The summed E-state index contributed by atoms with van der Waals surface area (Å²) in [5.74, 6) is -0.211. The normalized spacial score (nSPS) is 18.3. The minimum absolute atomic E-state index is 0.00801. The van der Waals surface area contributed by atoms with Crippen molar-refractivity contribution in [3.8, 4) is 0 Å². The highest BCUT2D eigenvalue weighted by Crippen LogP contribution is 2.21. The van der Waals surface area contributed by atoms with Gasteiger partial charge in [-0.1, -0.05) is 66.7 Å². The summed E-state index contributed by atoms with van der Waals surface area (Å²) in [6.45, 7) is 1.23. The van der Waals surface area contributed by atoms with Gasteiger partial charge < -0.3 is 10.3 Å². The third-order valence-electron chi connectivity index (χ3n) is 5.09. The van der Waals surface area contributed by atoms with Crippen LogP contribution in [0.1, 0.15) is 21.6 Å². The van der Waals surface area contributed by atoms with E-state index in [1.165, 1.54) is 0 Å². The number of hydrogen-bond acceptors (Lipinski definition) is 3. The van der Waals surface area contributed by atoms with Crippen molar-refractivity contribution in [2.75, 3.05) is 0 Å². The number of amides is 1. The Morgan fingerprint density at radius 1 is 0.897 bits per heavy atom. The summed E-state index contributed by atoms with van der Waals surface area (Å²) in [6, 6.07) is 22.8. The van der Waals surface area contributed by atoms with Crippen molar-refractivity contribution in [1.29, 1.82) is 0 Å². The number of nitrogens with zero attached hydrogens (tertiary/aromatic N) is 1. The zero-order chi connectivity index (χ0) is 20.1. The van der Waals surface area contributed by atoms with Crippen molar-refractivity contribution in [1.82, 2.24) is 15.2 Å². The molecule has 3 aromatic rings. The number of aromatic amines is 1. The average molecular weight is 385 g/mol. The molecular weight excluding hydrogens is 362 g/mol. The van der Waals surface area contributed by atoms with E-state index < -0.39 is 6.04 Å². The van der Waals surface area contributed by atoms with Crippen LogP contribution in [0, 0.1) is 0 Å². The molecule has 5 nitrogen and oxygen atoms in total. The van der Waals surface area contributed by atoms with E-state index in [0.717, 1.165) is 11.1 Å². The van der Waals surface area contributed by atoms with Gasteiger partial charge in [-0.15, -0.1) is 0 Å². The van der Waals surface area contributed by atoms with E-state index in [9.17, 15) is 9.59 Å². The standard InChI is InChI=1S/C24H23N3O2/c28-22-14-13-20(26-24(29)21-12-7-15-25-21)23(22)27(16-18-8-3-1-4-9-18)17-19-10-5-2-6-11-19/h1-15,20,23,25H,16-17H2,(H,26,29)/t20-,23+/m1/s1. The number of hydrogen-bond donors (Lipinski definition) is 2. The quantitative estimate of drug-likeness (QED) is 0.656. The van der Waals surface area contributed by atoms with Crippen LogP contribution in [0.3, 0.4) is 0 Å². The lowest BCUT2D eigenvalue weighted by molar-refractivity contribution is -0.119. The van der Waals surface area contributed by atoms with Gasteiger partial charge in [0.15, 0.2) is 5.78 Å². The fourth-order valence-corrected chi connectivity index (χ4v) is 3.70. The molecule has 1 aromatic heterocycles. The average Bonchev–Trinajstić information content (AvgIpc) is 3.40. The van der Waals surface area contributed by atoms with Crippen LogP contribution in [0.2, 0.25) is 0 Å². The molecule has 2 N–H and O–H groups in total. The molecule has 146 valence electrons. The van der Waals surface area contributed by atoms with Crippen molar-refractivity contribution in [2.24, 2.45) is 0 Å². The molecule has 0 unspecified atom stereocenters. The molecule has 2 atom stereocenters. The van der Waals surface area contributed by atoms with Crippen molar-refractivity contribution in [2.45, 2.75) is 25.2 Å². The number of ketones is 1. The van der Waals surface area contributed by atoms with Crippen molar-refractivity contribution in [3.05, 3.63) is 108 Å². The van der Waals surface area contributed by atoms with Gasteiger partial charge in [0.1, 0.15) is 5.69 Å². The van der Waals surface area contributed by atoms with E-state index in [0.29, 0.717) is 18.8 Å². The lowest BCUT2D eigenvalue weighted by atomic mass is 10.0. The van der Waals surface area contributed by atoms with Gasteiger partial charge in [-0.2, -0.15) is 0 Å². The fraction of sp³-hybridized carbons (Fsp3) is 0.167. The maximum absolute atomic E-state index is 12.8. The third kappa shape index (κ3) is 4.52. The molecule has 0 spiro atoms. The molecule has 2 aromatic carbocycles. The Morgan fingerprint density at radius 2 is 1.52 bits per heavy atom. The van der Waals surface area contributed by atoms with Gasteiger partial charge in [-0.25, -0.2) is 0 Å². The first kappa shape index (κ1) is 18.9. The summed E-state index contributed by atoms with van der Waals surface area (Å²) in [5.41, 5.74) is 2.73. The molecule has 1 amide bonds. The van der Waals surface area contributed by atoms with Crippen LogP contribution in [0.25, 0.3) is 0 Å². The van der Waals surface area contributed by atoms with Gasteiger partial charge in [-0.05, 0) is 29.3 Å². The highest BCUT2D eigenvalue weighted by molar-refractivity contribution is 6.00. The van der Waals surface area contributed by atoms with Crippen molar-refractivity contribution >= 4 is 11.7 Å². The lowest BCUT2D eigenvalue weighted by Crippen LogP contribution is -2.51. The van der Waals surface area contributed by atoms with Crippen LogP contribution in [0.15, 0.2) is 91.1 Å². The van der Waals surface area contributed by atoms with E-state index in [-0.39, 0.29) is 17.7 Å². The molecule has 1 aliphatic rings. The van der Waals surface area contributed by atoms with Crippen LogP contribution in [0.4, 0.5) is 0 Å². The van der Waals surface area contributed by atoms with Crippen LogP contribution in [-0.4, -0.2) is 33.7 Å². The second-order valence-corrected chi connectivity index (χ2v) is 7.17. The third-order valence-corrected chi connectivity index (χ3v) is 5.09. The first-order valence-electron chi connectivity index (χ1n) is 9.69. The maximum Gasteiger partial charge on any atom is 0.268 e. The molecule has 29 heavy (non-hydrogen) atoms. The van der Waals surface area contributed by atoms with E-state index in [4.69, 9.17) is 0 Å². The molecule has 0 bridgehead atoms. The predicted octanol–water partition coefficient (Wildman–Crippen LogP) is 3.32. The van der Waals surface area contributed by atoms with Gasteiger partial charge in [0.25, 0.3) is 5.91 Å². The van der Waals surface area contributed by atoms with Crippen molar-refractivity contribution < 1.29 is 9.59 Å². The molecule has 0 saturated heterocycles. The molecular formula is C24H23N3O2. The van der Waals surface area contributed by atoms with Crippen LogP contribution < -0.4 is 5.32 Å². The first-order valence-corrected chi connectivity index (χ1v) is 9.69. The van der Waals surface area contributed by atoms with Gasteiger partial charge in [-0.3, -0.25) is 14.5 Å². The van der Waals surface area contributed by atoms with E-state index in [1.807, 2.05) is 36.4 Å². The van der Waals surface area contributed by atoms with E-state index in [1.54, 1.807) is 30.5 Å². The molecule has 0 saturated carbocycles. The van der Waals surface area contributed by atoms with Crippen LogP contribution in [-0.2, 0) is 17.9 Å². The highest BCUT2D eigenvalue weighted by Gasteiger charge is 2.36. The minimum atomic E-state index is -0.450. The number of H-pyrrole nitrogens is 1. The Hall–Kier alpha value is -3.44. The molecule has 5 heteroatoms. The summed E-state index contributed by atoms with van der Waals surface area (Å²) in [4.78, 5) is 30.4. The topological polar surface area (TPSA) is 65.2 Å². The zero-order valence-electron chi connectivity index (χ0n) is 16.0. The zero-order valence-corrected chi connectivity index (χ0v) is 16.0. The van der Waals surface area contributed by atoms with Crippen LogP contribution >= 0.6 is 0 Å². The number of carbonyl (C=O) groups excluding carboxylic acids is 2. The minimum Gasteiger partial charge on any atom is -0.357 e. The molecule has 0 fully saturated rings. The Bertz CT molecular complexity index is 940. The second kappa shape index (κ2) is 8.71. The number of benzene rings is 2. The Balaban J connectivity index is 1.58. The Kier molecular flexibility index (Phi) is 5.68. The second-order valence-electron chi connectivity index (χ2n) is 7.17. The number of carbonyl (C=O) groups is 2. The van der Waals surface area contributed by atoms with Crippen LogP contribution in [0.5, 0.6) is 0 Å². The van der Waals surface area contributed by atoms with Crippen molar-refractivity contribution in [3.63, 3.8) is 0 Å². The smallest absolute Gasteiger partial charge is 0.268 e. The SMILES string of the molecule is O=C(N[C@@H]1C=CC(=O)[C@H]1N(Cc1ccccc1)Cc1ccccc1)c1ccc[nH]1. The number of nitrogens with one attached hydrogen (secondary N) is 2. The monoisotopic (exact) mass is 385 g/mol. The predicted molar refractivity (Wildman–Crippen MR) is 112 cm³/mol. The number of rotatable bonds is 7. The van der Waals surface area contributed by atoms with Gasteiger partial charge in [0.05, 0.1) is 12.1 Å². The summed E-state index contributed by atoms with van der Waals surface area (Å²) >= 11 is 0. The largest absolute Gasteiger partial charge is 0.357 e. The van der Waals surface area contributed by atoms with Gasteiger partial charge in [0.2, 0.25) is 0 Å².